The summed E-state index contributed by atoms with van der Waals surface area (Å²) in [7, 11) is 0. The van der Waals surface area contributed by atoms with Crippen molar-refractivity contribution in [1.29, 1.82) is 0 Å². The van der Waals surface area contributed by atoms with E-state index in [9.17, 15) is 5.11 Å². The molecule has 1 N–H and O–H groups in total. The van der Waals surface area contributed by atoms with Crippen LogP contribution in [0, 0.1) is 27.7 Å². The topological polar surface area (TPSA) is 33.4 Å². The molecule has 0 radical (unpaired) electrons. The van der Waals surface area contributed by atoms with Gasteiger partial charge in [-0.1, -0.05) is 23.7 Å². The van der Waals surface area contributed by atoms with E-state index in [0.29, 0.717) is 5.02 Å². The van der Waals surface area contributed by atoms with E-state index < -0.39 is 6.10 Å². The van der Waals surface area contributed by atoms with Crippen molar-refractivity contribution in [2.75, 3.05) is 0 Å². The van der Waals surface area contributed by atoms with Crippen LogP contribution in [0.25, 0.3) is 0 Å². The summed E-state index contributed by atoms with van der Waals surface area (Å²) in [6.45, 7) is 7.67. The number of aliphatic hydroxyl groups is 1. The molecule has 0 aliphatic heterocycles. The smallest absolute Gasteiger partial charge is 0.108 e. The number of aliphatic hydroxyl groups excluding tert-OH is 1. The van der Waals surface area contributed by atoms with Gasteiger partial charge in [-0.2, -0.15) is 0 Å². The number of halogens is 1. The molecule has 2 aromatic rings. The highest BCUT2D eigenvalue weighted by molar-refractivity contribution is 6.31. The molecule has 0 aliphatic rings. The molecule has 0 saturated carbocycles. The predicted octanol–water partition coefficient (Wildman–Crippen LogP) is 4.25. The van der Waals surface area contributed by atoms with Gasteiger partial charge in [0.25, 0.3) is 0 Å². The van der Waals surface area contributed by atoms with Gasteiger partial charge in [-0.15, -0.1) is 0 Å². The minimum Gasteiger partial charge on any atom is -0.466 e. The number of rotatable bonds is 2. The Morgan fingerprint density at radius 1 is 1.11 bits per heavy atom. The fourth-order valence-electron chi connectivity index (χ4n) is 2.16. The molecule has 2 nitrogen and oxygen atoms in total. The zero-order valence-corrected chi connectivity index (χ0v) is 11.8. The highest BCUT2D eigenvalue weighted by atomic mass is 35.5. The summed E-state index contributed by atoms with van der Waals surface area (Å²) in [5.74, 6) is 1.61. The highest BCUT2D eigenvalue weighted by Gasteiger charge is 2.20. The van der Waals surface area contributed by atoms with Crippen LogP contribution in [0.3, 0.4) is 0 Å². The van der Waals surface area contributed by atoms with Crippen LogP contribution in [0.5, 0.6) is 0 Å². The van der Waals surface area contributed by atoms with E-state index in [-0.39, 0.29) is 0 Å². The van der Waals surface area contributed by atoms with Crippen molar-refractivity contribution < 1.29 is 9.52 Å². The van der Waals surface area contributed by atoms with Gasteiger partial charge in [0.2, 0.25) is 0 Å². The van der Waals surface area contributed by atoms with Crippen molar-refractivity contribution in [2.45, 2.75) is 33.8 Å². The maximum Gasteiger partial charge on any atom is 0.108 e. The SMILES string of the molecule is Cc1ccc(C(O)c2c(C)oc(C)c2C)cc1Cl. The molecule has 0 aliphatic carbocycles. The Labute approximate surface area is 112 Å². The average molecular weight is 265 g/mol. The van der Waals surface area contributed by atoms with Crippen molar-refractivity contribution in [3.8, 4) is 0 Å². The van der Waals surface area contributed by atoms with Crippen molar-refractivity contribution in [1.82, 2.24) is 0 Å². The molecular formula is C15H17ClO2. The van der Waals surface area contributed by atoms with E-state index in [4.69, 9.17) is 16.0 Å². The summed E-state index contributed by atoms with van der Waals surface area (Å²) >= 11 is 6.10. The molecule has 1 aromatic carbocycles. The maximum absolute atomic E-state index is 10.5. The average Bonchev–Trinajstić information content (AvgIpc) is 2.56. The van der Waals surface area contributed by atoms with Crippen LogP contribution >= 0.6 is 11.6 Å². The van der Waals surface area contributed by atoms with Gasteiger partial charge in [0.15, 0.2) is 0 Å². The fraction of sp³-hybridized carbons (Fsp3) is 0.333. The lowest BCUT2D eigenvalue weighted by molar-refractivity contribution is 0.217. The molecule has 1 aromatic heterocycles. The van der Waals surface area contributed by atoms with Crippen LogP contribution in [0.4, 0.5) is 0 Å². The Hall–Kier alpha value is -1.25. The monoisotopic (exact) mass is 264 g/mol. The molecule has 3 heteroatoms. The van der Waals surface area contributed by atoms with Gasteiger partial charge in [0.1, 0.15) is 17.6 Å². The van der Waals surface area contributed by atoms with Gasteiger partial charge >= 0.3 is 0 Å². The minimum absolute atomic E-state index is 0.669. The van der Waals surface area contributed by atoms with Gasteiger partial charge in [0.05, 0.1) is 0 Å². The van der Waals surface area contributed by atoms with E-state index in [0.717, 1.165) is 33.8 Å². The van der Waals surface area contributed by atoms with Gasteiger partial charge in [-0.05, 0) is 50.5 Å². The zero-order chi connectivity index (χ0) is 13.4. The van der Waals surface area contributed by atoms with Crippen molar-refractivity contribution in [3.63, 3.8) is 0 Å². The first-order valence-electron chi connectivity index (χ1n) is 5.92. The molecule has 18 heavy (non-hydrogen) atoms. The van der Waals surface area contributed by atoms with Gasteiger partial charge < -0.3 is 9.52 Å². The van der Waals surface area contributed by atoms with E-state index in [1.165, 1.54) is 0 Å². The second-order valence-electron chi connectivity index (χ2n) is 4.66. The van der Waals surface area contributed by atoms with Gasteiger partial charge in [0, 0.05) is 10.6 Å². The Bertz CT molecular complexity index is 584. The van der Waals surface area contributed by atoms with Crippen LogP contribution < -0.4 is 0 Å². The lowest BCUT2D eigenvalue weighted by Crippen LogP contribution is -2.02. The first kappa shape index (κ1) is 13.2. The summed E-state index contributed by atoms with van der Waals surface area (Å²) in [5.41, 5.74) is 3.63. The number of hydrogen-bond acceptors (Lipinski definition) is 2. The molecule has 0 spiro atoms. The van der Waals surface area contributed by atoms with Crippen LogP contribution in [0.15, 0.2) is 22.6 Å². The molecule has 1 heterocycles. The molecule has 0 fully saturated rings. The first-order valence-corrected chi connectivity index (χ1v) is 6.30. The molecule has 96 valence electrons. The van der Waals surface area contributed by atoms with Gasteiger partial charge in [-0.3, -0.25) is 0 Å². The van der Waals surface area contributed by atoms with Crippen LogP contribution in [0.2, 0.25) is 5.02 Å². The molecular weight excluding hydrogens is 248 g/mol. The van der Waals surface area contributed by atoms with E-state index in [1.807, 2.05) is 45.9 Å². The van der Waals surface area contributed by atoms with Crippen LogP contribution in [-0.4, -0.2) is 5.11 Å². The normalized spacial score (nSPS) is 12.8. The number of aryl methyl sites for hydroxylation is 3. The third kappa shape index (κ3) is 2.18. The molecule has 0 saturated heterocycles. The van der Waals surface area contributed by atoms with E-state index >= 15 is 0 Å². The number of furan rings is 1. The Morgan fingerprint density at radius 2 is 1.78 bits per heavy atom. The molecule has 1 atom stereocenters. The largest absolute Gasteiger partial charge is 0.466 e. The second-order valence-corrected chi connectivity index (χ2v) is 5.07. The van der Waals surface area contributed by atoms with Crippen LogP contribution in [0.1, 0.15) is 39.9 Å². The summed E-state index contributed by atoms with van der Waals surface area (Å²) in [6.07, 6.45) is -0.694. The predicted molar refractivity (Wildman–Crippen MR) is 73.2 cm³/mol. The Balaban J connectivity index is 2.47. The summed E-state index contributed by atoms with van der Waals surface area (Å²) in [5, 5.41) is 11.1. The quantitative estimate of drug-likeness (QED) is 0.880. The van der Waals surface area contributed by atoms with Gasteiger partial charge in [-0.25, -0.2) is 0 Å². The highest BCUT2D eigenvalue weighted by Crippen LogP contribution is 2.32. The zero-order valence-electron chi connectivity index (χ0n) is 11.0. The summed E-state index contributed by atoms with van der Waals surface area (Å²) < 4.78 is 5.55. The third-order valence-electron chi connectivity index (χ3n) is 3.40. The Kier molecular flexibility index (Phi) is 3.51. The van der Waals surface area contributed by atoms with E-state index in [1.54, 1.807) is 0 Å². The van der Waals surface area contributed by atoms with E-state index in [2.05, 4.69) is 0 Å². The molecule has 0 amide bonds. The third-order valence-corrected chi connectivity index (χ3v) is 3.81. The summed E-state index contributed by atoms with van der Waals surface area (Å²) in [6, 6.07) is 5.62. The second kappa shape index (κ2) is 4.79. The summed E-state index contributed by atoms with van der Waals surface area (Å²) in [4.78, 5) is 0. The van der Waals surface area contributed by atoms with Crippen molar-refractivity contribution >= 4 is 11.6 Å². The maximum atomic E-state index is 10.5. The number of hydrogen-bond donors (Lipinski definition) is 1. The molecule has 2 rings (SSSR count). The Morgan fingerprint density at radius 3 is 2.28 bits per heavy atom. The standard InChI is InChI=1S/C15H17ClO2/c1-8-5-6-12(7-13(8)16)15(17)14-9(2)10(3)18-11(14)4/h5-7,15,17H,1-4H3. The fourth-order valence-corrected chi connectivity index (χ4v) is 2.35. The first-order chi connectivity index (χ1) is 8.41. The lowest BCUT2D eigenvalue weighted by atomic mass is 9.97. The van der Waals surface area contributed by atoms with Crippen molar-refractivity contribution in [2.24, 2.45) is 0 Å². The molecule has 1 unspecified atom stereocenters. The van der Waals surface area contributed by atoms with Crippen molar-refractivity contribution in [3.05, 3.63) is 57.0 Å². The molecule has 0 bridgehead atoms. The minimum atomic E-state index is -0.694. The van der Waals surface area contributed by atoms with Crippen LogP contribution in [-0.2, 0) is 0 Å². The lowest BCUT2D eigenvalue weighted by Gasteiger charge is -2.13. The number of benzene rings is 1.